The molecular weight excluding hydrogens is 322 g/mol. The Balaban J connectivity index is 1.59. The Labute approximate surface area is 145 Å². The van der Waals surface area contributed by atoms with E-state index < -0.39 is 0 Å². The molecule has 24 heavy (non-hydrogen) atoms. The van der Waals surface area contributed by atoms with Crippen molar-refractivity contribution in [3.8, 4) is 11.3 Å². The van der Waals surface area contributed by atoms with E-state index in [1.165, 1.54) is 4.88 Å². The van der Waals surface area contributed by atoms with Gasteiger partial charge in [-0.15, -0.1) is 11.3 Å². The molecular formula is C19H19NO3S. The number of carbonyl (C=O) groups excluding carboxylic acids is 1. The maximum absolute atomic E-state index is 11.7. The summed E-state index contributed by atoms with van der Waals surface area (Å²) in [6.45, 7) is 3.69. The molecule has 0 atom stereocenters. The van der Waals surface area contributed by atoms with Crippen molar-refractivity contribution >= 4 is 17.3 Å². The van der Waals surface area contributed by atoms with Crippen LogP contribution in [0.2, 0.25) is 0 Å². The highest BCUT2D eigenvalue weighted by atomic mass is 32.1. The van der Waals surface area contributed by atoms with Crippen LogP contribution in [0.1, 0.15) is 27.9 Å². The van der Waals surface area contributed by atoms with Gasteiger partial charge in [0.05, 0.1) is 18.7 Å². The number of hydrogen-bond donors (Lipinski definition) is 1. The van der Waals surface area contributed by atoms with Crippen LogP contribution in [0.15, 0.2) is 58.3 Å². The summed E-state index contributed by atoms with van der Waals surface area (Å²) in [5.74, 6) is 1.37. The number of rotatable bonds is 7. The van der Waals surface area contributed by atoms with Crippen molar-refractivity contribution in [1.82, 2.24) is 5.32 Å². The summed E-state index contributed by atoms with van der Waals surface area (Å²) in [5.41, 5.74) is 1.48. The highest BCUT2D eigenvalue weighted by Crippen LogP contribution is 2.23. The molecule has 0 fully saturated rings. The van der Waals surface area contributed by atoms with Crippen molar-refractivity contribution in [2.45, 2.75) is 20.0 Å². The van der Waals surface area contributed by atoms with E-state index in [1.54, 1.807) is 30.4 Å². The van der Waals surface area contributed by atoms with Crippen molar-refractivity contribution < 1.29 is 13.9 Å². The summed E-state index contributed by atoms with van der Waals surface area (Å²) in [6.07, 6.45) is 0. The van der Waals surface area contributed by atoms with Gasteiger partial charge in [0.2, 0.25) is 0 Å². The predicted molar refractivity (Wildman–Crippen MR) is 95.0 cm³/mol. The molecule has 2 aromatic heterocycles. The minimum atomic E-state index is -0.304. The third-order valence-electron chi connectivity index (χ3n) is 3.52. The topological polar surface area (TPSA) is 51.5 Å². The van der Waals surface area contributed by atoms with Crippen LogP contribution >= 0.6 is 11.3 Å². The number of thiophene rings is 1. The van der Waals surface area contributed by atoms with Gasteiger partial charge in [0.15, 0.2) is 0 Å². The molecule has 0 unspecified atom stereocenters. The number of furan rings is 1. The molecule has 0 aliphatic heterocycles. The van der Waals surface area contributed by atoms with Crippen LogP contribution in [-0.2, 0) is 17.8 Å². The Morgan fingerprint density at radius 2 is 1.96 bits per heavy atom. The van der Waals surface area contributed by atoms with E-state index >= 15 is 0 Å². The lowest BCUT2D eigenvalue weighted by Gasteiger charge is -2.03. The maximum Gasteiger partial charge on any atom is 0.338 e. The van der Waals surface area contributed by atoms with Crippen LogP contribution in [0.5, 0.6) is 0 Å². The standard InChI is InChI=1S/C19H19NO3S/c1-2-22-19(21)15-7-5-14(6-8-15)18-10-9-16(23-18)12-20-13-17-4-3-11-24-17/h3-11,20H,2,12-13H2,1H3. The minimum absolute atomic E-state index is 0.304. The first-order chi connectivity index (χ1) is 11.8. The molecule has 1 N–H and O–H groups in total. The summed E-state index contributed by atoms with van der Waals surface area (Å²) >= 11 is 1.74. The molecule has 0 amide bonds. The largest absolute Gasteiger partial charge is 0.462 e. The fraction of sp³-hybridized carbons (Fsp3) is 0.211. The Morgan fingerprint density at radius 3 is 2.67 bits per heavy atom. The lowest BCUT2D eigenvalue weighted by atomic mass is 10.1. The van der Waals surface area contributed by atoms with Gasteiger partial charge in [-0.05, 0) is 42.6 Å². The van der Waals surface area contributed by atoms with Crippen molar-refractivity contribution in [3.63, 3.8) is 0 Å². The Morgan fingerprint density at radius 1 is 1.12 bits per heavy atom. The monoisotopic (exact) mass is 341 g/mol. The zero-order chi connectivity index (χ0) is 16.8. The van der Waals surface area contributed by atoms with E-state index in [0.717, 1.165) is 23.6 Å². The second kappa shape index (κ2) is 7.95. The van der Waals surface area contributed by atoms with Crippen LogP contribution in [-0.4, -0.2) is 12.6 Å². The molecule has 0 spiro atoms. The van der Waals surface area contributed by atoms with Crippen molar-refractivity contribution in [3.05, 3.63) is 70.1 Å². The highest BCUT2D eigenvalue weighted by Gasteiger charge is 2.08. The van der Waals surface area contributed by atoms with E-state index in [4.69, 9.17) is 9.15 Å². The normalized spacial score (nSPS) is 10.7. The fourth-order valence-corrected chi connectivity index (χ4v) is 3.01. The molecule has 0 aliphatic carbocycles. The Hall–Kier alpha value is -2.37. The number of esters is 1. The fourth-order valence-electron chi connectivity index (χ4n) is 2.34. The molecule has 124 valence electrons. The average molecular weight is 341 g/mol. The van der Waals surface area contributed by atoms with Crippen molar-refractivity contribution in [2.75, 3.05) is 6.61 Å². The summed E-state index contributed by atoms with van der Waals surface area (Å²) in [7, 11) is 0. The Kier molecular flexibility index (Phi) is 5.46. The van der Waals surface area contributed by atoms with E-state index in [1.807, 2.05) is 30.3 Å². The van der Waals surface area contributed by atoms with Gasteiger partial charge in [-0.1, -0.05) is 18.2 Å². The van der Waals surface area contributed by atoms with Gasteiger partial charge in [0, 0.05) is 17.0 Å². The van der Waals surface area contributed by atoms with Gasteiger partial charge in [-0.2, -0.15) is 0 Å². The lowest BCUT2D eigenvalue weighted by Crippen LogP contribution is -2.10. The van der Waals surface area contributed by atoms with Gasteiger partial charge in [-0.3, -0.25) is 0 Å². The molecule has 3 aromatic rings. The molecule has 5 heteroatoms. The second-order valence-corrected chi connectivity index (χ2v) is 6.28. The predicted octanol–water partition coefficient (Wildman–Crippen LogP) is 4.47. The van der Waals surface area contributed by atoms with E-state index in [0.29, 0.717) is 18.7 Å². The second-order valence-electron chi connectivity index (χ2n) is 5.25. The van der Waals surface area contributed by atoms with Crippen LogP contribution in [0.25, 0.3) is 11.3 Å². The van der Waals surface area contributed by atoms with Crippen LogP contribution < -0.4 is 5.32 Å². The third kappa shape index (κ3) is 4.13. The van der Waals surface area contributed by atoms with Gasteiger partial charge in [0.1, 0.15) is 11.5 Å². The first-order valence-corrected chi connectivity index (χ1v) is 8.73. The van der Waals surface area contributed by atoms with E-state index in [9.17, 15) is 4.79 Å². The van der Waals surface area contributed by atoms with Crippen LogP contribution in [0.4, 0.5) is 0 Å². The summed E-state index contributed by atoms with van der Waals surface area (Å²) in [5, 5.41) is 5.43. The van der Waals surface area contributed by atoms with Gasteiger partial charge in [-0.25, -0.2) is 4.79 Å². The SMILES string of the molecule is CCOC(=O)c1ccc(-c2ccc(CNCc3cccs3)o2)cc1. The summed E-state index contributed by atoms with van der Waals surface area (Å²) < 4.78 is 10.8. The van der Waals surface area contributed by atoms with Gasteiger partial charge in [0.25, 0.3) is 0 Å². The minimum Gasteiger partial charge on any atom is -0.462 e. The number of nitrogens with one attached hydrogen (secondary N) is 1. The zero-order valence-corrected chi connectivity index (χ0v) is 14.3. The van der Waals surface area contributed by atoms with E-state index in [-0.39, 0.29) is 5.97 Å². The number of carbonyl (C=O) groups is 1. The number of hydrogen-bond acceptors (Lipinski definition) is 5. The Bertz CT molecular complexity index is 775. The van der Waals surface area contributed by atoms with E-state index in [2.05, 4.69) is 16.8 Å². The molecule has 0 aliphatic rings. The zero-order valence-electron chi connectivity index (χ0n) is 13.5. The maximum atomic E-state index is 11.7. The summed E-state index contributed by atoms with van der Waals surface area (Å²) in [6, 6.07) is 15.3. The molecule has 2 heterocycles. The van der Waals surface area contributed by atoms with Crippen molar-refractivity contribution in [2.24, 2.45) is 0 Å². The quantitative estimate of drug-likeness (QED) is 0.644. The lowest BCUT2D eigenvalue weighted by molar-refractivity contribution is 0.0526. The third-order valence-corrected chi connectivity index (χ3v) is 4.40. The summed E-state index contributed by atoms with van der Waals surface area (Å²) in [4.78, 5) is 13.0. The van der Waals surface area contributed by atoms with Gasteiger partial charge >= 0.3 is 5.97 Å². The average Bonchev–Trinajstić information content (AvgIpc) is 3.27. The molecule has 3 rings (SSSR count). The van der Waals surface area contributed by atoms with Crippen molar-refractivity contribution in [1.29, 1.82) is 0 Å². The molecule has 0 saturated heterocycles. The molecule has 4 nitrogen and oxygen atoms in total. The molecule has 0 radical (unpaired) electrons. The van der Waals surface area contributed by atoms with Crippen LogP contribution in [0.3, 0.4) is 0 Å². The van der Waals surface area contributed by atoms with Crippen LogP contribution in [0, 0.1) is 0 Å². The highest BCUT2D eigenvalue weighted by molar-refractivity contribution is 7.09. The molecule has 0 bridgehead atoms. The van der Waals surface area contributed by atoms with Gasteiger partial charge < -0.3 is 14.5 Å². The molecule has 1 aromatic carbocycles. The first kappa shape index (κ1) is 16.5. The first-order valence-electron chi connectivity index (χ1n) is 7.85. The number of benzene rings is 1. The smallest absolute Gasteiger partial charge is 0.338 e. The molecule has 0 saturated carbocycles. The number of ether oxygens (including phenoxy) is 1.